The quantitative estimate of drug-likeness (QED) is 0.553. The van der Waals surface area contributed by atoms with Crippen molar-refractivity contribution in [3.8, 4) is 0 Å². The first-order chi connectivity index (χ1) is 10.0. The summed E-state index contributed by atoms with van der Waals surface area (Å²) >= 11 is 2.74. The van der Waals surface area contributed by atoms with Crippen molar-refractivity contribution in [2.24, 2.45) is 5.92 Å². The fraction of sp³-hybridized carbons (Fsp3) is 0.500. The summed E-state index contributed by atoms with van der Waals surface area (Å²) in [5.74, 6) is -4.12. The largest absolute Gasteiger partial charge is 0.393 e. The summed E-state index contributed by atoms with van der Waals surface area (Å²) in [6, 6.07) is 1.10. The normalized spacial score (nSPS) is 21.1. The molecule has 1 aliphatic heterocycles. The number of hydrogen-bond acceptors (Lipinski definition) is 2. The van der Waals surface area contributed by atoms with Gasteiger partial charge < -0.3 is 0 Å². The molecule has 3 nitrogen and oxygen atoms in total. The van der Waals surface area contributed by atoms with E-state index in [1.165, 1.54) is 0 Å². The lowest BCUT2D eigenvalue weighted by atomic mass is 9.99. The Morgan fingerprint density at radius 2 is 1.82 bits per heavy atom. The lowest BCUT2D eigenvalue weighted by Crippen LogP contribution is -2.44. The molecule has 0 aliphatic carbocycles. The SMILES string of the molecule is O=S(=O)(c1cc(Br)c(F)cc1F)N1CCCC(C(F)(F)F)C1. The van der Waals surface area contributed by atoms with E-state index in [0.717, 1.165) is 6.07 Å². The highest BCUT2D eigenvalue weighted by atomic mass is 79.9. The molecule has 1 aromatic carbocycles. The monoisotopic (exact) mass is 407 g/mol. The molecule has 0 bridgehead atoms. The highest BCUT2D eigenvalue weighted by Gasteiger charge is 2.44. The van der Waals surface area contributed by atoms with Crippen molar-refractivity contribution in [2.75, 3.05) is 13.1 Å². The van der Waals surface area contributed by atoms with E-state index < -0.39 is 45.2 Å². The highest BCUT2D eigenvalue weighted by molar-refractivity contribution is 9.10. The number of sulfonamides is 1. The van der Waals surface area contributed by atoms with Crippen LogP contribution in [0.25, 0.3) is 0 Å². The molecule has 1 saturated heterocycles. The van der Waals surface area contributed by atoms with Crippen molar-refractivity contribution in [1.29, 1.82) is 0 Å². The molecular weight excluding hydrogens is 397 g/mol. The molecule has 22 heavy (non-hydrogen) atoms. The first kappa shape index (κ1) is 17.6. The molecule has 1 aromatic rings. The molecule has 1 atom stereocenters. The predicted molar refractivity (Wildman–Crippen MR) is 71.6 cm³/mol. The van der Waals surface area contributed by atoms with E-state index >= 15 is 0 Å². The van der Waals surface area contributed by atoms with Gasteiger partial charge in [-0.3, -0.25) is 0 Å². The van der Waals surface area contributed by atoms with Crippen LogP contribution in [0, 0.1) is 17.6 Å². The fourth-order valence-electron chi connectivity index (χ4n) is 2.27. The van der Waals surface area contributed by atoms with Crippen LogP contribution in [0.4, 0.5) is 22.0 Å². The number of alkyl halides is 3. The Hall–Kier alpha value is -0.740. The fourth-order valence-corrected chi connectivity index (χ4v) is 4.36. The summed E-state index contributed by atoms with van der Waals surface area (Å²) in [7, 11) is -4.46. The molecule has 0 saturated carbocycles. The number of rotatable bonds is 2. The average Bonchev–Trinajstić information content (AvgIpc) is 2.42. The van der Waals surface area contributed by atoms with E-state index in [9.17, 15) is 30.4 Å². The number of piperidine rings is 1. The van der Waals surface area contributed by atoms with Gasteiger partial charge in [0.2, 0.25) is 10.0 Å². The van der Waals surface area contributed by atoms with E-state index in [1.54, 1.807) is 0 Å². The Morgan fingerprint density at radius 1 is 1.18 bits per heavy atom. The minimum absolute atomic E-state index is 0.0212. The summed E-state index contributed by atoms with van der Waals surface area (Å²) < 4.78 is 90.1. The Labute approximate surface area is 132 Å². The molecule has 0 spiro atoms. The Bertz CT molecular complexity index is 677. The molecule has 1 heterocycles. The molecule has 1 fully saturated rings. The van der Waals surface area contributed by atoms with Gasteiger partial charge in [0, 0.05) is 19.2 Å². The van der Waals surface area contributed by atoms with E-state index in [4.69, 9.17) is 0 Å². The first-order valence-corrected chi connectivity index (χ1v) is 8.48. The standard InChI is InChI=1S/C12H11BrF5NO2S/c13-8-4-11(10(15)5-9(8)14)22(20,21)19-3-1-2-7(6-19)12(16,17)18/h4-5,7H,1-3,6H2. The zero-order valence-electron chi connectivity index (χ0n) is 11.0. The van der Waals surface area contributed by atoms with Gasteiger partial charge in [0.15, 0.2) is 0 Å². The Morgan fingerprint density at radius 3 is 2.41 bits per heavy atom. The summed E-state index contributed by atoms with van der Waals surface area (Å²) in [5, 5.41) is 0. The predicted octanol–water partition coefficient (Wildman–Crippen LogP) is 3.69. The van der Waals surface area contributed by atoms with Crippen LogP contribution in [-0.2, 0) is 10.0 Å². The molecule has 0 N–H and O–H groups in total. The molecule has 1 unspecified atom stereocenters. The molecular formula is C12H11BrF5NO2S. The third-order valence-corrected chi connectivity index (χ3v) is 5.93. The van der Waals surface area contributed by atoms with Gasteiger partial charge in [-0.2, -0.15) is 17.5 Å². The van der Waals surface area contributed by atoms with Gasteiger partial charge in [0.1, 0.15) is 16.5 Å². The maximum absolute atomic E-state index is 13.7. The van der Waals surface area contributed by atoms with E-state index in [0.29, 0.717) is 10.4 Å². The van der Waals surface area contributed by atoms with Gasteiger partial charge in [-0.15, -0.1) is 0 Å². The first-order valence-electron chi connectivity index (χ1n) is 6.25. The molecule has 0 radical (unpaired) electrons. The maximum Gasteiger partial charge on any atom is 0.393 e. The molecule has 0 aromatic heterocycles. The van der Waals surface area contributed by atoms with Crippen LogP contribution in [-0.4, -0.2) is 32.0 Å². The number of halogens is 6. The number of nitrogens with zero attached hydrogens (tertiary/aromatic N) is 1. The van der Waals surface area contributed by atoms with Crippen LogP contribution >= 0.6 is 15.9 Å². The van der Waals surface area contributed by atoms with Crippen LogP contribution in [0.15, 0.2) is 21.5 Å². The second-order valence-corrected chi connectivity index (χ2v) is 7.70. The average molecular weight is 408 g/mol. The van der Waals surface area contributed by atoms with E-state index in [2.05, 4.69) is 15.9 Å². The van der Waals surface area contributed by atoms with E-state index in [1.807, 2.05) is 0 Å². The van der Waals surface area contributed by atoms with Crippen LogP contribution in [0.2, 0.25) is 0 Å². The summed E-state index contributed by atoms with van der Waals surface area (Å²) in [6.07, 6.45) is -4.67. The highest BCUT2D eigenvalue weighted by Crippen LogP contribution is 2.35. The zero-order valence-corrected chi connectivity index (χ0v) is 13.4. The number of benzene rings is 1. The minimum Gasteiger partial charge on any atom is -0.207 e. The lowest BCUT2D eigenvalue weighted by molar-refractivity contribution is -0.182. The second-order valence-electron chi connectivity index (χ2n) is 4.94. The van der Waals surface area contributed by atoms with Crippen LogP contribution < -0.4 is 0 Å². The van der Waals surface area contributed by atoms with Crippen LogP contribution in [0.1, 0.15) is 12.8 Å². The summed E-state index contributed by atoms with van der Waals surface area (Å²) in [5.41, 5.74) is 0. The van der Waals surface area contributed by atoms with Gasteiger partial charge in [-0.1, -0.05) is 0 Å². The zero-order chi connectivity index (χ0) is 16.7. The second kappa shape index (κ2) is 6.04. The third kappa shape index (κ3) is 3.43. The Balaban J connectivity index is 2.37. The van der Waals surface area contributed by atoms with Gasteiger partial charge in [0.25, 0.3) is 0 Å². The van der Waals surface area contributed by atoms with Crippen molar-refractivity contribution in [1.82, 2.24) is 4.31 Å². The van der Waals surface area contributed by atoms with Crippen molar-refractivity contribution in [2.45, 2.75) is 23.9 Å². The summed E-state index contributed by atoms with van der Waals surface area (Å²) in [4.78, 5) is -0.844. The van der Waals surface area contributed by atoms with E-state index in [-0.39, 0.29) is 23.9 Å². The van der Waals surface area contributed by atoms with Gasteiger partial charge in [-0.25, -0.2) is 17.2 Å². The van der Waals surface area contributed by atoms with Gasteiger partial charge in [0.05, 0.1) is 10.4 Å². The van der Waals surface area contributed by atoms with Crippen molar-refractivity contribution < 1.29 is 30.4 Å². The summed E-state index contributed by atoms with van der Waals surface area (Å²) in [6.45, 7) is -0.899. The van der Waals surface area contributed by atoms with Crippen LogP contribution in [0.3, 0.4) is 0 Å². The van der Waals surface area contributed by atoms with Gasteiger partial charge >= 0.3 is 6.18 Å². The lowest BCUT2D eigenvalue weighted by Gasteiger charge is -2.32. The van der Waals surface area contributed by atoms with Crippen molar-refractivity contribution >= 4 is 26.0 Å². The number of hydrogen-bond donors (Lipinski definition) is 0. The van der Waals surface area contributed by atoms with Gasteiger partial charge in [-0.05, 0) is 34.8 Å². The maximum atomic E-state index is 13.7. The molecule has 2 rings (SSSR count). The molecule has 0 amide bonds. The smallest absolute Gasteiger partial charge is 0.207 e. The molecule has 1 aliphatic rings. The Kier molecular flexibility index (Phi) is 4.84. The third-order valence-electron chi connectivity index (χ3n) is 3.44. The molecule has 124 valence electrons. The molecule has 10 heteroatoms. The van der Waals surface area contributed by atoms with Crippen molar-refractivity contribution in [3.63, 3.8) is 0 Å². The van der Waals surface area contributed by atoms with Crippen molar-refractivity contribution in [3.05, 3.63) is 28.2 Å². The minimum atomic E-state index is -4.52. The van der Waals surface area contributed by atoms with Crippen LogP contribution in [0.5, 0.6) is 0 Å². The topological polar surface area (TPSA) is 37.4 Å².